The predicted molar refractivity (Wildman–Crippen MR) is 103 cm³/mol. The third kappa shape index (κ3) is 3.28. The molecule has 7 nitrogen and oxygen atoms in total. The molecule has 9 heteroatoms. The number of esters is 1. The third-order valence-electron chi connectivity index (χ3n) is 4.11. The van der Waals surface area contributed by atoms with Crippen LogP contribution in [0.4, 0.5) is 5.13 Å². The first kappa shape index (κ1) is 18.3. The first-order valence-corrected chi connectivity index (χ1v) is 9.38. The monoisotopic (exact) mass is 413 g/mol. The first-order chi connectivity index (χ1) is 13.4. The summed E-state index contributed by atoms with van der Waals surface area (Å²) in [4.78, 5) is 38.6. The summed E-state index contributed by atoms with van der Waals surface area (Å²) >= 11 is 6.97. The maximum Gasteiger partial charge on any atom is 0.338 e. The van der Waals surface area contributed by atoms with Crippen molar-refractivity contribution in [1.29, 1.82) is 0 Å². The highest BCUT2D eigenvalue weighted by Gasteiger charge is 2.39. The molecule has 0 saturated heterocycles. The van der Waals surface area contributed by atoms with Gasteiger partial charge in [-0.2, -0.15) is 0 Å². The molecule has 0 atom stereocenters. The molecule has 2 aromatic carbocycles. The Balaban J connectivity index is 1.54. The van der Waals surface area contributed by atoms with Crippen LogP contribution in [0.1, 0.15) is 41.6 Å². The topological polar surface area (TPSA) is 89.5 Å². The molecule has 0 unspecified atom stereocenters. The van der Waals surface area contributed by atoms with Crippen molar-refractivity contribution >= 4 is 45.9 Å². The number of aryl methyl sites for hydroxylation is 1. The van der Waals surface area contributed by atoms with Gasteiger partial charge in [0, 0.05) is 5.02 Å². The van der Waals surface area contributed by atoms with Crippen molar-refractivity contribution < 1.29 is 19.1 Å². The molecule has 1 aliphatic heterocycles. The molecule has 0 fully saturated rings. The molecule has 0 saturated carbocycles. The van der Waals surface area contributed by atoms with Gasteiger partial charge >= 0.3 is 5.97 Å². The van der Waals surface area contributed by atoms with E-state index in [-0.39, 0.29) is 28.4 Å². The minimum Gasteiger partial charge on any atom is -0.457 e. The Morgan fingerprint density at radius 2 is 1.79 bits per heavy atom. The number of anilines is 1. The number of hydrogen-bond acceptors (Lipinski definition) is 7. The summed E-state index contributed by atoms with van der Waals surface area (Å²) in [6.07, 6.45) is 0. The van der Waals surface area contributed by atoms with Gasteiger partial charge in [0.15, 0.2) is 0 Å². The summed E-state index contributed by atoms with van der Waals surface area (Å²) in [6.45, 7) is 1.80. The highest BCUT2D eigenvalue weighted by atomic mass is 35.5. The highest BCUT2D eigenvalue weighted by molar-refractivity contribution is 7.15. The Kier molecular flexibility index (Phi) is 4.66. The Morgan fingerprint density at radius 3 is 2.46 bits per heavy atom. The Labute approximate surface area is 168 Å². The van der Waals surface area contributed by atoms with Crippen molar-refractivity contribution in [3.05, 3.63) is 74.7 Å². The van der Waals surface area contributed by atoms with Crippen LogP contribution in [0.2, 0.25) is 5.02 Å². The van der Waals surface area contributed by atoms with E-state index in [0.29, 0.717) is 10.0 Å². The second-order valence-electron chi connectivity index (χ2n) is 6.01. The second-order valence-corrected chi connectivity index (χ2v) is 7.61. The molecular formula is C19H12ClN3O4S. The fraction of sp³-hybridized carbons (Fsp3) is 0.105. The number of aromatic nitrogens is 2. The summed E-state index contributed by atoms with van der Waals surface area (Å²) in [5.41, 5.74) is 1.32. The predicted octanol–water partition coefficient (Wildman–Crippen LogP) is 3.66. The van der Waals surface area contributed by atoms with Gasteiger partial charge in [0.05, 0.1) is 16.7 Å². The Hall–Kier alpha value is -3.10. The lowest BCUT2D eigenvalue weighted by Gasteiger charge is -2.07. The van der Waals surface area contributed by atoms with E-state index in [0.717, 1.165) is 21.8 Å². The van der Waals surface area contributed by atoms with Crippen molar-refractivity contribution in [3.8, 4) is 0 Å². The molecule has 1 aliphatic rings. The molecule has 3 aromatic rings. The van der Waals surface area contributed by atoms with Gasteiger partial charge in [-0.25, -0.2) is 9.69 Å². The van der Waals surface area contributed by atoms with Crippen LogP contribution in [0.15, 0.2) is 42.5 Å². The molecule has 0 bridgehead atoms. The Morgan fingerprint density at radius 1 is 1.07 bits per heavy atom. The fourth-order valence-corrected chi connectivity index (χ4v) is 3.54. The van der Waals surface area contributed by atoms with Crippen LogP contribution < -0.4 is 4.90 Å². The van der Waals surface area contributed by atoms with Crippen molar-refractivity contribution in [2.75, 3.05) is 4.90 Å². The number of rotatable bonds is 4. The van der Waals surface area contributed by atoms with Crippen LogP contribution >= 0.6 is 22.9 Å². The lowest BCUT2D eigenvalue weighted by Crippen LogP contribution is -2.29. The number of halogens is 1. The summed E-state index contributed by atoms with van der Waals surface area (Å²) in [5, 5.41) is 9.13. The molecule has 0 N–H and O–H groups in total. The first-order valence-electron chi connectivity index (χ1n) is 8.18. The number of carbonyl (C=O) groups is 3. The quantitative estimate of drug-likeness (QED) is 0.479. The minimum atomic E-state index is -0.594. The van der Waals surface area contributed by atoms with Crippen molar-refractivity contribution in [1.82, 2.24) is 10.2 Å². The lowest BCUT2D eigenvalue weighted by atomic mass is 10.1. The van der Waals surface area contributed by atoms with Crippen molar-refractivity contribution in [2.45, 2.75) is 13.5 Å². The van der Waals surface area contributed by atoms with E-state index < -0.39 is 17.8 Å². The zero-order valence-electron chi connectivity index (χ0n) is 14.5. The average Bonchev–Trinajstić information content (AvgIpc) is 3.22. The standard InChI is InChI=1S/C19H12ClN3O4S/c1-10-21-22-19(28-10)23-16(24)14-7-4-12(8-15(14)17(23)25)18(26)27-9-11-2-5-13(20)6-3-11/h2-8H,9H2,1H3. The van der Waals surface area contributed by atoms with Crippen LogP contribution in [0.5, 0.6) is 0 Å². The largest absolute Gasteiger partial charge is 0.457 e. The summed E-state index contributed by atoms with van der Waals surface area (Å²) < 4.78 is 5.28. The van der Waals surface area contributed by atoms with Gasteiger partial charge in [0.25, 0.3) is 11.8 Å². The normalized spacial score (nSPS) is 13.0. The molecule has 0 aliphatic carbocycles. The summed E-state index contributed by atoms with van der Waals surface area (Å²) in [6, 6.07) is 11.2. The van der Waals surface area contributed by atoms with Gasteiger partial charge in [-0.05, 0) is 42.8 Å². The molecule has 140 valence electrons. The van der Waals surface area contributed by atoms with E-state index in [1.807, 2.05) is 0 Å². The lowest BCUT2D eigenvalue weighted by molar-refractivity contribution is 0.0472. The second kappa shape index (κ2) is 7.14. The smallest absolute Gasteiger partial charge is 0.338 e. The van der Waals surface area contributed by atoms with Crippen molar-refractivity contribution in [3.63, 3.8) is 0 Å². The highest BCUT2D eigenvalue weighted by Crippen LogP contribution is 2.31. The van der Waals surface area contributed by atoms with E-state index >= 15 is 0 Å². The van der Waals surface area contributed by atoms with E-state index in [9.17, 15) is 14.4 Å². The average molecular weight is 414 g/mol. The van der Waals surface area contributed by atoms with Crippen LogP contribution in [0, 0.1) is 6.92 Å². The van der Waals surface area contributed by atoms with Gasteiger partial charge in [0.1, 0.15) is 11.6 Å². The van der Waals surface area contributed by atoms with Crippen LogP contribution in [0.25, 0.3) is 0 Å². The number of amides is 2. The Bertz CT molecular complexity index is 1110. The zero-order valence-corrected chi connectivity index (χ0v) is 16.1. The van der Waals surface area contributed by atoms with E-state index in [1.165, 1.54) is 18.2 Å². The molecule has 0 radical (unpaired) electrons. The van der Waals surface area contributed by atoms with Gasteiger partial charge in [0.2, 0.25) is 5.13 Å². The van der Waals surface area contributed by atoms with E-state index in [4.69, 9.17) is 16.3 Å². The van der Waals surface area contributed by atoms with Crippen molar-refractivity contribution in [2.24, 2.45) is 0 Å². The number of nitrogens with zero attached hydrogens (tertiary/aromatic N) is 3. The number of benzene rings is 2. The van der Waals surface area contributed by atoms with Gasteiger partial charge in [-0.15, -0.1) is 10.2 Å². The number of imide groups is 1. The van der Waals surface area contributed by atoms with Crippen LogP contribution in [0.3, 0.4) is 0 Å². The zero-order chi connectivity index (χ0) is 19.8. The number of fused-ring (bicyclic) bond motifs is 1. The molecular weight excluding hydrogens is 402 g/mol. The molecule has 4 rings (SSSR count). The summed E-state index contributed by atoms with van der Waals surface area (Å²) in [7, 11) is 0. The van der Waals surface area contributed by atoms with Gasteiger partial charge in [-0.1, -0.05) is 35.1 Å². The van der Waals surface area contributed by atoms with Gasteiger partial charge < -0.3 is 4.74 Å². The molecule has 2 heterocycles. The fourth-order valence-electron chi connectivity index (χ4n) is 2.73. The van der Waals surface area contributed by atoms with Gasteiger partial charge in [-0.3, -0.25) is 9.59 Å². The number of hydrogen-bond donors (Lipinski definition) is 0. The molecule has 2 amide bonds. The van der Waals surface area contributed by atoms with Crippen LogP contribution in [-0.4, -0.2) is 28.0 Å². The maximum atomic E-state index is 12.7. The number of ether oxygens (including phenoxy) is 1. The minimum absolute atomic E-state index is 0.0656. The SMILES string of the molecule is Cc1nnc(N2C(=O)c3ccc(C(=O)OCc4ccc(Cl)cc4)cc3C2=O)s1. The van der Waals surface area contributed by atoms with Crippen LogP contribution in [-0.2, 0) is 11.3 Å². The summed E-state index contributed by atoms with van der Waals surface area (Å²) in [5.74, 6) is -1.62. The van der Waals surface area contributed by atoms with E-state index in [1.54, 1.807) is 31.2 Å². The van der Waals surface area contributed by atoms with E-state index in [2.05, 4.69) is 10.2 Å². The number of carbonyl (C=O) groups excluding carboxylic acids is 3. The molecule has 0 spiro atoms. The maximum absolute atomic E-state index is 12.7. The third-order valence-corrected chi connectivity index (χ3v) is 5.19. The molecule has 28 heavy (non-hydrogen) atoms. The molecule has 1 aromatic heterocycles.